The molecule has 0 saturated heterocycles. The van der Waals surface area contributed by atoms with Crippen molar-refractivity contribution in [1.29, 1.82) is 0 Å². The van der Waals surface area contributed by atoms with E-state index in [9.17, 15) is 9.59 Å². The lowest BCUT2D eigenvalue weighted by molar-refractivity contribution is -0.165. The Hall–Kier alpha value is -2.97. The highest BCUT2D eigenvalue weighted by molar-refractivity contribution is 6.34. The van der Waals surface area contributed by atoms with Crippen molar-refractivity contribution in [2.45, 2.75) is 25.9 Å². The first-order chi connectivity index (χ1) is 14.4. The van der Waals surface area contributed by atoms with E-state index in [2.05, 4.69) is 9.97 Å². The molecule has 8 nitrogen and oxygen atoms in total. The second-order valence-corrected chi connectivity index (χ2v) is 7.85. The molecule has 0 amide bonds. The number of aromatic nitrogens is 2. The predicted molar refractivity (Wildman–Crippen MR) is 109 cm³/mol. The highest BCUT2D eigenvalue weighted by atomic mass is 35.5. The number of fused-ring (bicyclic) bond motifs is 1. The van der Waals surface area contributed by atoms with Crippen LogP contribution in [-0.2, 0) is 9.53 Å². The summed E-state index contributed by atoms with van der Waals surface area (Å²) in [5.41, 5.74) is -0.228. The van der Waals surface area contributed by atoms with Crippen LogP contribution in [0.2, 0.25) is 5.02 Å². The van der Waals surface area contributed by atoms with E-state index in [1.54, 1.807) is 25.1 Å². The fraction of sp³-hybridized carbons (Fsp3) is 0.333. The van der Waals surface area contributed by atoms with Crippen LogP contribution >= 0.6 is 11.6 Å². The molecule has 4 rings (SSSR count). The van der Waals surface area contributed by atoms with Gasteiger partial charge in [0.05, 0.1) is 40.9 Å². The minimum Gasteiger partial charge on any atom is -0.481 e. The third-order valence-electron chi connectivity index (χ3n) is 5.15. The van der Waals surface area contributed by atoms with Gasteiger partial charge in [-0.1, -0.05) is 17.7 Å². The average Bonchev–Trinajstić information content (AvgIpc) is 2.70. The number of benzene rings is 1. The third-order valence-corrected chi connectivity index (χ3v) is 5.44. The van der Waals surface area contributed by atoms with Crippen LogP contribution in [0.15, 0.2) is 45.9 Å². The van der Waals surface area contributed by atoms with Gasteiger partial charge in [-0.2, -0.15) is 0 Å². The van der Waals surface area contributed by atoms with E-state index in [1.165, 1.54) is 18.5 Å². The minimum atomic E-state index is -0.793. The number of carbonyl (C=O) groups is 1. The number of para-hydroxylation sites is 1. The lowest BCUT2D eigenvalue weighted by Gasteiger charge is -2.41. The summed E-state index contributed by atoms with van der Waals surface area (Å²) in [6.07, 6.45) is 3.80. The normalized spacial score (nSPS) is 20.7. The van der Waals surface area contributed by atoms with Crippen molar-refractivity contribution in [2.75, 3.05) is 13.2 Å². The van der Waals surface area contributed by atoms with Crippen molar-refractivity contribution >= 4 is 28.5 Å². The number of halogens is 1. The van der Waals surface area contributed by atoms with Crippen LogP contribution in [0.3, 0.4) is 0 Å². The van der Waals surface area contributed by atoms with E-state index in [0.29, 0.717) is 47.0 Å². The zero-order valence-electron chi connectivity index (χ0n) is 16.1. The molecule has 0 unspecified atom stereocenters. The molecule has 3 aromatic rings. The fourth-order valence-corrected chi connectivity index (χ4v) is 3.60. The molecule has 1 aliphatic carbocycles. The maximum absolute atomic E-state index is 12.3. The van der Waals surface area contributed by atoms with Crippen LogP contribution in [0, 0.1) is 5.41 Å². The van der Waals surface area contributed by atoms with Crippen LogP contribution in [0.1, 0.15) is 19.8 Å². The van der Waals surface area contributed by atoms with Crippen LogP contribution in [0.4, 0.5) is 0 Å². The maximum Gasteiger partial charge on any atom is 0.309 e. The van der Waals surface area contributed by atoms with Crippen molar-refractivity contribution in [1.82, 2.24) is 9.97 Å². The van der Waals surface area contributed by atoms with Gasteiger partial charge in [0.15, 0.2) is 16.8 Å². The number of hydrogen-bond donors (Lipinski definition) is 1. The molecule has 0 aliphatic heterocycles. The Bertz CT molecular complexity index is 1140. The second-order valence-electron chi connectivity index (χ2n) is 7.45. The second kappa shape index (κ2) is 8.04. The van der Waals surface area contributed by atoms with Crippen LogP contribution in [0.5, 0.6) is 5.88 Å². The molecule has 156 valence electrons. The quantitative estimate of drug-likeness (QED) is 0.566. The lowest BCUT2D eigenvalue weighted by atomic mass is 9.68. The number of aliphatic carboxylic acids is 1. The smallest absolute Gasteiger partial charge is 0.309 e. The highest BCUT2D eigenvalue weighted by Gasteiger charge is 2.47. The summed E-state index contributed by atoms with van der Waals surface area (Å²) in [4.78, 5) is 31.8. The Morgan fingerprint density at radius 3 is 2.80 bits per heavy atom. The van der Waals surface area contributed by atoms with Crippen molar-refractivity contribution in [3.8, 4) is 17.3 Å². The van der Waals surface area contributed by atoms with Gasteiger partial charge < -0.3 is 19.0 Å². The average molecular weight is 431 g/mol. The van der Waals surface area contributed by atoms with Gasteiger partial charge >= 0.3 is 5.97 Å². The summed E-state index contributed by atoms with van der Waals surface area (Å²) in [7, 11) is 0. The first-order valence-electron chi connectivity index (χ1n) is 9.38. The number of nitrogens with zero attached hydrogens (tertiary/aromatic N) is 2. The van der Waals surface area contributed by atoms with Gasteiger partial charge in [0.1, 0.15) is 12.3 Å². The topological polar surface area (TPSA) is 112 Å². The van der Waals surface area contributed by atoms with Crippen molar-refractivity contribution in [2.24, 2.45) is 5.41 Å². The summed E-state index contributed by atoms with van der Waals surface area (Å²) >= 11 is 6.12. The Morgan fingerprint density at radius 2 is 2.10 bits per heavy atom. The van der Waals surface area contributed by atoms with Gasteiger partial charge in [0.25, 0.3) is 0 Å². The SMILES string of the molecule is CC1(C(=O)O)CC(OCCOc2cnc(-c3cc(=O)c4cccc(Cl)c4o3)cn2)C1. The molecule has 2 heterocycles. The molecule has 0 bridgehead atoms. The van der Waals surface area contributed by atoms with Gasteiger partial charge in [-0.25, -0.2) is 9.97 Å². The summed E-state index contributed by atoms with van der Waals surface area (Å²) in [6.45, 7) is 2.30. The molecule has 1 N–H and O–H groups in total. The van der Waals surface area contributed by atoms with E-state index in [-0.39, 0.29) is 23.9 Å². The van der Waals surface area contributed by atoms with E-state index < -0.39 is 11.4 Å². The number of carboxylic acid groups (broad SMARTS) is 1. The molecule has 1 aliphatic rings. The number of hydrogen-bond acceptors (Lipinski definition) is 7. The van der Waals surface area contributed by atoms with Gasteiger partial charge in [0.2, 0.25) is 5.88 Å². The lowest BCUT2D eigenvalue weighted by Crippen LogP contribution is -2.46. The molecular weight excluding hydrogens is 412 g/mol. The number of rotatable bonds is 7. The van der Waals surface area contributed by atoms with E-state index in [4.69, 9.17) is 30.6 Å². The summed E-state index contributed by atoms with van der Waals surface area (Å²) < 4.78 is 16.8. The van der Waals surface area contributed by atoms with Gasteiger partial charge in [-0.3, -0.25) is 9.59 Å². The van der Waals surface area contributed by atoms with Crippen molar-refractivity contribution < 1.29 is 23.8 Å². The zero-order valence-corrected chi connectivity index (χ0v) is 16.9. The van der Waals surface area contributed by atoms with Crippen molar-refractivity contribution in [3.63, 3.8) is 0 Å². The van der Waals surface area contributed by atoms with Crippen LogP contribution in [-0.4, -0.2) is 40.4 Å². The number of ether oxygens (including phenoxy) is 2. The Morgan fingerprint density at radius 1 is 1.30 bits per heavy atom. The van der Waals surface area contributed by atoms with E-state index in [1.807, 2.05) is 0 Å². The minimum absolute atomic E-state index is 0.0641. The Kier molecular flexibility index (Phi) is 5.44. The first-order valence-corrected chi connectivity index (χ1v) is 9.76. The van der Waals surface area contributed by atoms with Crippen molar-refractivity contribution in [3.05, 3.63) is 51.9 Å². The molecule has 0 atom stereocenters. The van der Waals surface area contributed by atoms with E-state index >= 15 is 0 Å². The largest absolute Gasteiger partial charge is 0.481 e. The fourth-order valence-electron chi connectivity index (χ4n) is 3.39. The number of carboxylic acids is 1. The molecule has 9 heteroatoms. The van der Waals surface area contributed by atoms with Gasteiger partial charge in [-0.15, -0.1) is 0 Å². The third kappa shape index (κ3) is 4.01. The predicted octanol–water partition coefficient (Wildman–Crippen LogP) is 3.55. The van der Waals surface area contributed by atoms with Gasteiger partial charge in [-0.05, 0) is 31.9 Å². The summed E-state index contributed by atoms with van der Waals surface area (Å²) in [6, 6.07) is 6.33. The zero-order chi connectivity index (χ0) is 21.3. The van der Waals surface area contributed by atoms with Crippen LogP contribution < -0.4 is 10.2 Å². The highest BCUT2D eigenvalue weighted by Crippen LogP contribution is 2.42. The monoisotopic (exact) mass is 430 g/mol. The molecule has 2 aromatic heterocycles. The molecule has 0 radical (unpaired) electrons. The van der Waals surface area contributed by atoms with Gasteiger partial charge in [0, 0.05) is 6.07 Å². The summed E-state index contributed by atoms with van der Waals surface area (Å²) in [5, 5.41) is 9.83. The molecular formula is C21H19ClN2O6. The molecule has 1 fully saturated rings. The Balaban J connectivity index is 1.34. The Labute approximate surface area is 176 Å². The molecule has 1 saturated carbocycles. The first kappa shape index (κ1) is 20.3. The molecule has 30 heavy (non-hydrogen) atoms. The summed E-state index contributed by atoms with van der Waals surface area (Å²) in [5.74, 6) is -0.236. The maximum atomic E-state index is 12.3. The standard InChI is InChI=1S/C21H19ClN2O6/c1-21(20(26)27)8-12(9-21)28-5-6-29-18-11-23-15(10-24-18)17-7-16(25)13-3-2-4-14(22)19(13)30-17/h2-4,7,10-12H,5-6,8-9H2,1H3,(H,26,27). The molecule has 0 spiro atoms. The van der Waals surface area contributed by atoms with E-state index in [0.717, 1.165) is 0 Å². The van der Waals surface area contributed by atoms with Crippen LogP contribution in [0.25, 0.3) is 22.4 Å². The molecule has 1 aromatic carbocycles.